The number of rotatable bonds is 7. The van der Waals surface area contributed by atoms with Crippen molar-refractivity contribution in [3.8, 4) is 0 Å². The summed E-state index contributed by atoms with van der Waals surface area (Å²) in [6, 6.07) is 19.3. The van der Waals surface area contributed by atoms with E-state index in [2.05, 4.69) is 45.4 Å². The molecule has 1 heterocycles. The van der Waals surface area contributed by atoms with Crippen LogP contribution in [0.4, 0.5) is 24.5 Å². The van der Waals surface area contributed by atoms with Crippen molar-refractivity contribution in [1.82, 2.24) is 10.2 Å². The van der Waals surface area contributed by atoms with Gasteiger partial charge in [-0.05, 0) is 43.8 Å². The van der Waals surface area contributed by atoms with Gasteiger partial charge in [0.25, 0.3) is 0 Å². The second kappa shape index (κ2) is 10.3. The molecule has 0 amide bonds. The minimum Gasteiger partial charge on any atom is -0.384 e. The third kappa shape index (κ3) is 5.33. The van der Waals surface area contributed by atoms with Crippen molar-refractivity contribution in [2.75, 3.05) is 24.2 Å². The molecule has 8 heteroatoms. The van der Waals surface area contributed by atoms with Crippen LogP contribution in [0.2, 0.25) is 0 Å². The van der Waals surface area contributed by atoms with E-state index in [4.69, 9.17) is 0 Å². The van der Waals surface area contributed by atoms with E-state index in [-0.39, 0.29) is 5.56 Å². The van der Waals surface area contributed by atoms with Crippen molar-refractivity contribution in [1.29, 1.82) is 0 Å². The molecule has 1 aliphatic rings. The van der Waals surface area contributed by atoms with E-state index in [1.165, 1.54) is 12.1 Å². The van der Waals surface area contributed by atoms with Gasteiger partial charge in [0.1, 0.15) is 12.3 Å². The predicted molar refractivity (Wildman–Crippen MR) is 140 cm³/mol. The third-order valence-electron chi connectivity index (χ3n) is 6.11. The number of anilines is 2. The minimum atomic E-state index is -4.46. The molecule has 0 saturated heterocycles. The monoisotopic (exact) mass is 544 g/mol. The van der Waals surface area contributed by atoms with Gasteiger partial charge in [0.2, 0.25) is 0 Å². The maximum atomic E-state index is 13.8. The zero-order valence-corrected chi connectivity index (χ0v) is 21.2. The van der Waals surface area contributed by atoms with Crippen LogP contribution < -0.4 is 16.0 Å². The van der Waals surface area contributed by atoms with E-state index in [0.717, 1.165) is 46.0 Å². The highest BCUT2D eigenvalue weighted by atomic mass is 79.9. The lowest BCUT2D eigenvalue weighted by molar-refractivity contribution is -0.138. The molecule has 1 aliphatic heterocycles. The third-order valence-corrected chi connectivity index (χ3v) is 6.60. The Morgan fingerprint density at radius 3 is 2.46 bits per heavy atom. The second-order valence-corrected chi connectivity index (χ2v) is 9.44. The number of fused-ring (bicyclic) bond motifs is 1. The van der Waals surface area contributed by atoms with Crippen molar-refractivity contribution < 1.29 is 13.2 Å². The van der Waals surface area contributed by atoms with Crippen LogP contribution in [0.1, 0.15) is 47.9 Å². The van der Waals surface area contributed by atoms with Crippen LogP contribution in [0.3, 0.4) is 0 Å². The first-order valence-corrected chi connectivity index (χ1v) is 12.2. The molecule has 4 rings (SSSR count). The average Bonchev–Trinajstić information content (AvgIpc) is 2.83. The Kier molecular flexibility index (Phi) is 7.42. The van der Waals surface area contributed by atoms with Crippen LogP contribution in [-0.2, 0) is 6.18 Å². The molecule has 0 fully saturated rings. The summed E-state index contributed by atoms with van der Waals surface area (Å²) < 4.78 is 42.5. The van der Waals surface area contributed by atoms with Gasteiger partial charge in [-0.25, -0.2) is 0 Å². The smallest absolute Gasteiger partial charge is 0.384 e. The second-order valence-electron chi connectivity index (χ2n) is 8.53. The molecule has 0 bridgehead atoms. The van der Waals surface area contributed by atoms with Gasteiger partial charge in [-0.3, -0.25) is 4.90 Å². The van der Waals surface area contributed by atoms with E-state index >= 15 is 0 Å². The lowest BCUT2D eigenvalue weighted by atomic mass is 9.98. The number of nitrogens with zero attached hydrogens (tertiary/aromatic N) is 1. The Hall–Kier alpha value is -2.97. The van der Waals surface area contributed by atoms with Crippen molar-refractivity contribution in [2.45, 2.75) is 31.9 Å². The Balaban J connectivity index is 1.71. The fourth-order valence-electron chi connectivity index (χ4n) is 4.38. The molecule has 4 nitrogen and oxygen atoms in total. The molecule has 0 radical (unpaired) electrons. The zero-order chi connectivity index (χ0) is 25.2. The Morgan fingerprint density at radius 2 is 1.74 bits per heavy atom. The molecule has 184 valence electrons. The summed E-state index contributed by atoms with van der Waals surface area (Å²) in [7, 11) is 1.81. The van der Waals surface area contributed by atoms with Crippen molar-refractivity contribution in [2.24, 2.45) is 0 Å². The van der Waals surface area contributed by atoms with Crippen molar-refractivity contribution >= 4 is 33.0 Å². The molecule has 35 heavy (non-hydrogen) atoms. The number of hydrogen-bond donors (Lipinski definition) is 3. The molecule has 0 aliphatic carbocycles. The highest BCUT2D eigenvalue weighted by Gasteiger charge is 2.39. The van der Waals surface area contributed by atoms with Gasteiger partial charge in [0, 0.05) is 44.8 Å². The van der Waals surface area contributed by atoms with Gasteiger partial charge in [-0.2, -0.15) is 13.2 Å². The summed E-state index contributed by atoms with van der Waals surface area (Å²) in [4.78, 5) is 1.87. The fourth-order valence-corrected chi connectivity index (χ4v) is 4.74. The van der Waals surface area contributed by atoms with Crippen LogP contribution in [0.15, 0.2) is 77.8 Å². The first kappa shape index (κ1) is 25.1. The maximum absolute atomic E-state index is 13.8. The number of para-hydroxylation sites is 1. The molecular formula is C27H28BrF3N4. The molecule has 0 saturated carbocycles. The van der Waals surface area contributed by atoms with E-state index in [1.54, 1.807) is 6.07 Å². The first-order valence-electron chi connectivity index (χ1n) is 11.4. The van der Waals surface area contributed by atoms with E-state index < -0.39 is 24.1 Å². The number of nitrogens with one attached hydrogen (secondary N) is 3. The highest BCUT2D eigenvalue weighted by Crippen LogP contribution is 2.43. The lowest BCUT2D eigenvalue weighted by Gasteiger charge is -2.43. The highest BCUT2D eigenvalue weighted by molar-refractivity contribution is 9.10. The summed E-state index contributed by atoms with van der Waals surface area (Å²) in [6.07, 6.45) is -4.60. The van der Waals surface area contributed by atoms with Crippen LogP contribution >= 0.6 is 15.9 Å². The van der Waals surface area contributed by atoms with Crippen LogP contribution in [-0.4, -0.2) is 18.5 Å². The molecular weight excluding hydrogens is 517 g/mol. The number of hydrogen-bond acceptors (Lipinski definition) is 4. The SMILES string of the molecule is C=C(NC1c2ccccc2NC(c2ccccc2C(F)(F)F)N1C)c1ccc(Br)cc1NCCC. The van der Waals surface area contributed by atoms with Crippen LogP contribution in [0.25, 0.3) is 5.70 Å². The maximum Gasteiger partial charge on any atom is 0.416 e. The quantitative estimate of drug-likeness (QED) is 0.286. The van der Waals surface area contributed by atoms with Gasteiger partial charge in [-0.1, -0.05) is 65.8 Å². The largest absolute Gasteiger partial charge is 0.416 e. The van der Waals surface area contributed by atoms with E-state index in [1.807, 2.05) is 54.4 Å². The van der Waals surface area contributed by atoms with E-state index in [0.29, 0.717) is 5.70 Å². The Bertz CT molecular complexity index is 1210. The molecule has 0 spiro atoms. The average molecular weight is 545 g/mol. The molecule has 3 N–H and O–H groups in total. The first-order chi connectivity index (χ1) is 16.7. The van der Waals surface area contributed by atoms with E-state index in [9.17, 15) is 13.2 Å². The molecule has 2 atom stereocenters. The number of alkyl halides is 3. The summed E-state index contributed by atoms with van der Waals surface area (Å²) in [5, 5.41) is 10.2. The predicted octanol–water partition coefficient (Wildman–Crippen LogP) is 7.61. The summed E-state index contributed by atoms with van der Waals surface area (Å²) in [5.74, 6) is 0. The summed E-state index contributed by atoms with van der Waals surface area (Å²) in [6.45, 7) is 7.19. The minimum absolute atomic E-state index is 0.170. The standard InChI is InChI=1S/C27H28BrF3N4/c1-4-15-32-24-16-18(28)13-14-19(24)17(2)33-26-21-10-6-8-12-23(21)34-25(35(26)3)20-9-5-7-11-22(20)27(29,30)31/h5-14,16,25-26,32-34H,2,4,15H2,1,3H3. The summed E-state index contributed by atoms with van der Waals surface area (Å²) in [5.41, 5.74) is 3.73. The molecule has 3 aromatic carbocycles. The molecule has 0 aromatic heterocycles. The molecule has 3 aromatic rings. The van der Waals surface area contributed by atoms with Crippen LogP contribution in [0, 0.1) is 0 Å². The number of halogens is 4. The topological polar surface area (TPSA) is 39.3 Å². The van der Waals surface area contributed by atoms with Gasteiger partial charge >= 0.3 is 6.18 Å². The van der Waals surface area contributed by atoms with Gasteiger partial charge < -0.3 is 16.0 Å². The van der Waals surface area contributed by atoms with Crippen molar-refractivity contribution in [3.63, 3.8) is 0 Å². The van der Waals surface area contributed by atoms with Gasteiger partial charge in [0.05, 0.1) is 5.56 Å². The van der Waals surface area contributed by atoms with Crippen molar-refractivity contribution in [3.05, 3.63) is 100 Å². The summed E-state index contributed by atoms with van der Waals surface area (Å²) >= 11 is 3.52. The lowest BCUT2D eigenvalue weighted by Crippen LogP contribution is -2.44. The Morgan fingerprint density at radius 1 is 1.06 bits per heavy atom. The normalized spacial score (nSPS) is 17.9. The van der Waals surface area contributed by atoms with Gasteiger partial charge in [-0.15, -0.1) is 0 Å². The fraction of sp³-hybridized carbons (Fsp3) is 0.259. The Labute approximate surface area is 212 Å². The number of benzene rings is 3. The zero-order valence-electron chi connectivity index (χ0n) is 19.6. The molecule has 2 unspecified atom stereocenters. The van der Waals surface area contributed by atoms with Gasteiger partial charge in [0.15, 0.2) is 0 Å². The van der Waals surface area contributed by atoms with Crippen LogP contribution in [0.5, 0.6) is 0 Å².